The van der Waals surface area contributed by atoms with E-state index in [2.05, 4.69) is 5.32 Å². The molecule has 0 aromatic heterocycles. The number of carbonyl (C=O) groups excluding carboxylic acids is 1. The highest BCUT2D eigenvalue weighted by atomic mass is 35.5. The van der Waals surface area contributed by atoms with Crippen LogP contribution in [0.25, 0.3) is 0 Å². The molecular weight excluding hydrogens is 340 g/mol. The number of nitrogens with zero attached hydrogens (tertiary/aromatic N) is 1. The normalized spacial score (nSPS) is 14.0. The monoisotopic (exact) mass is 358 g/mol. The number of carbonyl (C=O) groups is 2. The van der Waals surface area contributed by atoms with Crippen molar-refractivity contribution in [2.45, 2.75) is 13.0 Å². The third-order valence-electron chi connectivity index (χ3n) is 4.36. The minimum atomic E-state index is -0.958. The molecule has 6 heteroatoms. The molecule has 25 heavy (non-hydrogen) atoms. The molecule has 2 aromatic carbocycles. The fourth-order valence-corrected chi connectivity index (χ4v) is 3.11. The topological polar surface area (TPSA) is 69.6 Å². The summed E-state index contributed by atoms with van der Waals surface area (Å²) in [5.74, 6) is -0.527. The van der Waals surface area contributed by atoms with Gasteiger partial charge in [-0.15, -0.1) is 0 Å². The molecule has 1 saturated heterocycles. The average molecular weight is 359 g/mol. The van der Waals surface area contributed by atoms with E-state index in [1.54, 1.807) is 17.0 Å². The molecule has 0 saturated carbocycles. The SMILES string of the molecule is O=C(O)c1ccc(CNC(=O)N2CC(Cc3ccccc3Cl)C2)cc1. The molecule has 5 nitrogen and oxygen atoms in total. The highest BCUT2D eigenvalue weighted by Crippen LogP contribution is 2.24. The van der Waals surface area contributed by atoms with Crippen LogP contribution in [0.1, 0.15) is 21.5 Å². The Hall–Kier alpha value is -2.53. The summed E-state index contributed by atoms with van der Waals surface area (Å²) >= 11 is 6.17. The van der Waals surface area contributed by atoms with Gasteiger partial charge in [0, 0.05) is 24.7 Å². The first-order chi connectivity index (χ1) is 12.0. The van der Waals surface area contributed by atoms with Crippen LogP contribution >= 0.6 is 11.6 Å². The maximum Gasteiger partial charge on any atom is 0.335 e. The number of carboxylic acids is 1. The van der Waals surface area contributed by atoms with Gasteiger partial charge in [0.25, 0.3) is 0 Å². The lowest BCUT2D eigenvalue weighted by Crippen LogP contribution is -2.54. The maximum atomic E-state index is 12.1. The molecule has 0 unspecified atom stereocenters. The van der Waals surface area contributed by atoms with E-state index in [0.29, 0.717) is 12.5 Å². The van der Waals surface area contributed by atoms with Crippen molar-refractivity contribution >= 4 is 23.6 Å². The number of hydrogen-bond donors (Lipinski definition) is 2. The molecular formula is C19H19ClN2O3. The number of rotatable bonds is 5. The van der Waals surface area contributed by atoms with Crippen LogP contribution in [0.5, 0.6) is 0 Å². The first-order valence-corrected chi connectivity index (χ1v) is 8.49. The van der Waals surface area contributed by atoms with Gasteiger partial charge in [0.1, 0.15) is 0 Å². The van der Waals surface area contributed by atoms with Crippen LogP contribution in [0.3, 0.4) is 0 Å². The van der Waals surface area contributed by atoms with Crippen molar-refractivity contribution in [1.82, 2.24) is 10.2 Å². The number of aromatic carboxylic acids is 1. The van der Waals surface area contributed by atoms with Crippen molar-refractivity contribution < 1.29 is 14.7 Å². The first-order valence-electron chi connectivity index (χ1n) is 8.11. The zero-order valence-corrected chi connectivity index (χ0v) is 14.4. The van der Waals surface area contributed by atoms with Gasteiger partial charge in [0.05, 0.1) is 5.56 Å². The summed E-state index contributed by atoms with van der Waals surface area (Å²) < 4.78 is 0. The molecule has 1 aliphatic heterocycles. The van der Waals surface area contributed by atoms with Crippen LogP contribution in [0, 0.1) is 5.92 Å². The van der Waals surface area contributed by atoms with Crippen LogP contribution in [-0.2, 0) is 13.0 Å². The molecule has 130 valence electrons. The van der Waals surface area contributed by atoms with Gasteiger partial charge in [-0.2, -0.15) is 0 Å². The van der Waals surface area contributed by atoms with Gasteiger partial charge in [-0.25, -0.2) is 9.59 Å². The van der Waals surface area contributed by atoms with Crippen molar-refractivity contribution in [2.75, 3.05) is 13.1 Å². The largest absolute Gasteiger partial charge is 0.478 e. The molecule has 0 radical (unpaired) electrons. The predicted molar refractivity (Wildman–Crippen MR) is 95.9 cm³/mol. The summed E-state index contributed by atoms with van der Waals surface area (Å²) in [6.07, 6.45) is 0.875. The fourth-order valence-electron chi connectivity index (χ4n) is 2.89. The lowest BCUT2D eigenvalue weighted by Gasteiger charge is -2.39. The molecule has 0 atom stereocenters. The van der Waals surface area contributed by atoms with E-state index in [0.717, 1.165) is 35.7 Å². The van der Waals surface area contributed by atoms with E-state index < -0.39 is 5.97 Å². The lowest BCUT2D eigenvalue weighted by atomic mass is 9.92. The number of amides is 2. The zero-order valence-electron chi connectivity index (χ0n) is 13.6. The number of hydrogen-bond acceptors (Lipinski definition) is 2. The summed E-state index contributed by atoms with van der Waals surface area (Å²) in [6.45, 7) is 1.81. The predicted octanol–water partition coefficient (Wildman–Crippen LogP) is 3.42. The Balaban J connectivity index is 1.43. The Morgan fingerprint density at radius 3 is 2.44 bits per heavy atom. The summed E-state index contributed by atoms with van der Waals surface area (Å²) in [5, 5.41) is 12.5. The van der Waals surface area contributed by atoms with Gasteiger partial charge in [-0.05, 0) is 41.7 Å². The molecule has 2 N–H and O–H groups in total. The third-order valence-corrected chi connectivity index (χ3v) is 4.72. The maximum absolute atomic E-state index is 12.1. The molecule has 0 bridgehead atoms. The Morgan fingerprint density at radius 1 is 1.12 bits per heavy atom. The highest BCUT2D eigenvalue weighted by molar-refractivity contribution is 6.31. The molecule has 0 aliphatic carbocycles. The van der Waals surface area contributed by atoms with Crippen LogP contribution in [0.4, 0.5) is 4.79 Å². The third kappa shape index (κ3) is 4.31. The van der Waals surface area contributed by atoms with E-state index in [4.69, 9.17) is 16.7 Å². The molecule has 0 spiro atoms. The molecule has 2 aromatic rings. The van der Waals surface area contributed by atoms with Crippen molar-refractivity contribution in [2.24, 2.45) is 5.92 Å². The fraction of sp³-hybridized carbons (Fsp3) is 0.263. The molecule has 2 amide bonds. The van der Waals surface area contributed by atoms with E-state index in [-0.39, 0.29) is 11.6 Å². The zero-order chi connectivity index (χ0) is 17.8. The number of nitrogens with one attached hydrogen (secondary N) is 1. The van der Waals surface area contributed by atoms with Crippen molar-refractivity contribution in [3.05, 3.63) is 70.2 Å². The molecule has 1 heterocycles. The Labute approximate surface area is 151 Å². The smallest absolute Gasteiger partial charge is 0.335 e. The standard InChI is InChI=1S/C19H19ClN2O3/c20-17-4-2-1-3-16(17)9-14-11-22(12-14)19(25)21-10-13-5-7-15(8-6-13)18(23)24/h1-8,14H,9-12H2,(H,21,25)(H,23,24). The molecule has 3 rings (SSSR count). The minimum absolute atomic E-state index is 0.0993. The molecule has 1 aliphatic rings. The van der Waals surface area contributed by atoms with Gasteiger partial charge < -0.3 is 15.3 Å². The number of halogens is 1. The Bertz CT molecular complexity index is 770. The van der Waals surface area contributed by atoms with Gasteiger partial charge in [-0.3, -0.25) is 0 Å². The van der Waals surface area contributed by atoms with Crippen molar-refractivity contribution in [1.29, 1.82) is 0 Å². The van der Waals surface area contributed by atoms with E-state index in [1.165, 1.54) is 12.1 Å². The van der Waals surface area contributed by atoms with Crippen molar-refractivity contribution in [3.8, 4) is 0 Å². The average Bonchev–Trinajstić information content (AvgIpc) is 2.57. The second kappa shape index (κ2) is 7.57. The quantitative estimate of drug-likeness (QED) is 0.860. The van der Waals surface area contributed by atoms with E-state index in [1.807, 2.05) is 24.3 Å². The van der Waals surface area contributed by atoms with E-state index in [9.17, 15) is 9.59 Å². The van der Waals surface area contributed by atoms with E-state index >= 15 is 0 Å². The van der Waals surface area contributed by atoms with Crippen LogP contribution in [0.2, 0.25) is 5.02 Å². The first kappa shape index (κ1) is 17.3. The number of urea groups is 1. The number of benzene rings is 2. The number of likely N-dealkylation sites (tertiary alicyclic amines) is 1. The summed E-state index contributed by atoms with van der Waals surface area (Å²) in [4.78, 5) is 24.7. The lowest BCUT2D eigenvalue weighted by molar-refractivity contribution is 0.0697. The summed E-state index contributed by atoms with van der Waals surface area (Å²) in [5.41, 5.74) is 2.22. The second-order valence-electron chi connectivity index (χ2n) is 6.23. The molecule has 1 fully saturated rings. The van der Waals surface area contributed by atoms with Crippen LogP contribution < -0.4 is 5.32 Å². The van der Waals surface area contributed by atoms with Crippen LogP contribution in [0.15, 0.2) is 48.5 Å². The van der Waals surface area contributed by atoms with Gasteiger partial charge in [-0.1, -0.05) is 41.9 Å². The number of carboxylic acid groups (broad SMARTS) is 1. The summed E-state index contributed by atoms with van der Waals surface area (Å²) in [6, 6.07) is 14.2. The Morgan fingerprint density at radius 2 is 1.80 bits per heavy atom. The summed E-state index contributed by atoms with van der Waals surface area (Å²) in [7, 11) is 0. The Kier molecular flexibility index (Phi) is 5.24. The van der Waals surface area contributed by atoms with Gasteiger partial charge in [0.2, 0.25) is 0 Å². The van der Waals surface area contributed by atoms with Gasteiger partial charge in [0.15, 0.2) is 0 Å². The minimum Gasteiger partial charge on any atom is -0.478 e. The van der Waals surface area contributed by atoms with Crippen LogP contribution in [-0.4, -0.2) is 35.1 Å². The van der Waals surface area contributed by atoms with Crippen molar-refractivity contribution in [3.63, 3.8) is 0 Å². The highest BCUT2D eigenvalue weighted by Gasteiger charge is 2.30. The van der Waals surface area contributed by atoms with Gasteiger partial charge >= 0.3 is 12.0 Å². The second-order valence-corrected chi connectivity index (χ2v) is 6.63.